The van der Waals surface area contributed by atoms with Gasteiger partial charge >= 0.3 is 5.97 Å². The number of thiophene rings is 1. The van der Waals surface area contributed by atoms with Gasteiger partial charge in [-0.2, -0.15) is 0 Å². The summed E-state index contributed by atoms with van der Waals surface area (Å²) < 4.78 is 4.69. The summed E-state index contributed by atoms with van der Waals surface area (Å²) in [5, 5.41) is 6.31. The van der Waals surface area contributed by atoms with Gasteiger partial charge in [-0.25, -0.2) is 9.78 Å². The molecule has 1 aromatic carbocycles. The number of carbonyl (C=O) groups excluding carboxylic acids is 2. The van der Waals surface area contributed by atoms with Crippen LogP contribution in [-0.4, -0.2) is 29.7 Å². The minimum Gasteiger partial charge on any atom is -0.465 e. The molecule has 0 spiro atoms. The van der Waals surface area contributed by atoms with Crippen molar-refractivity contribution in [3.05, 3.63) is 52.7 Å². The molecule has 24 heavy (non-hydrogen) atoms. The molecule has 0 unspecified atom stereocenters. The number of ether oxygens (including phenoxy) is 1. The summed E-state index contributed by atoms with van der Waals surface area (Å²) in [5.41, 5.74) is 1.37. The third-order valence-electron chi connectivity index (χ3n) is 3.23. The van der Waals surface area contributed by atoms with Gasteiger partial charge in [-0.05, 0) is 23.6 Å². The van der Waals surface area contributed by atoms with Gasteiger partial charge in [-0.3, -0.25) is 4.79 Å². The van der Waals surface area contributed by atoms with Crippen molar-refractivity contribution >= 4 is 51.6 Å². The van der Waals surface area contributed by atoms with Gasteiger partial charge < -0.3 is 10.1 Å². The summed E-state index contributed by atoms with van der Waals surface area (Å²) >= 11 is 2.58. The molecule has 0 radical (unpaired) electrons. The summed E-state index contributed by atoms with van der Waals surface area (Å²) in [6, 6.07) is 13.4. The fourth-order valence-corrected chi connectivity index (χ4v) is 3.56. The Kier molecular flexibility index (Phi) is 5.12. The molecular weight excluding hydrogens is 344 g/mol. The second kappa shape index (κ2) is 7.46. The van der Waals surface area contributed by atoms with Gasteiger partial charge in [-0.1, -0.05) is 36.0 Å². The summed E-state index contributed by atoms with van der Waals surface area (Å²) in [4.78, 5) is 28.6. The maximum atomic E-state index is 12.1. The van der Waals surface area contributed by atoms with Crippen LogP contribution in [0.25, 0.3) is 10.9 Å². The van der Waals surface area contributed by atoms with E-state index < -0.39 is 5.97 Å². The van der Waals surface area contributed by atoms with Crippen molar-refractivity contribution in [1.29, 1.82) is 0 Å². The van der Waals surface area contributed by atoms with Crippen molar-refractivity contribution in [3.63, 3.8) is 0 Å². The number of pyridine rings is 1. The van der Waals surface area contributed by atoms with E-state index in [0.29, 0.717) is 10.6 Å². The van der Waals surface area contributed by atoms with Gasteiger partial charge in [0.05, 0.1) is 29.1 Å². The Labute approximate surface area is 147 Å². The zero-order valence-corrected chi connectivity index (χ0v) is 14.4. The van der Waals surface area contributed by atoms with E-state index in [9.17, 15) is 9.59 Å². The molecule has 1 amide bonds. The monoisotopic (exact) mass is 358 g/mol. The van der Waals surface area contributed by atoms with Crippen LogP contribution in [0, 0.1) is 0 Å². The first-order valence-electron chi connectivity index (χ1n) is 7.11. The van der Waals surface area contributed by atoms with E-state index in [1.165, 1.54) is 30.2 Å². The number of benzene rings is 1. The Morgan fingerprint density at radius 3 is 2.88 bits per heavy atom. The maximum absolute atomic E-state index is 12.1. The van der Waals surface area contributed by atoms with Crippen LogP contribution >= 0.6 is 23.1 Å². The molecule has 2 aromatic heterocycles. The van der Waals surface area contributed by atoms with Gasteiger partial charge in [0.25, 0.3) is 0 Å². The molecule has 0 aliphatic carbocycles. The number of carbonyl (C=O) groups is 2. The first-order chi connectivity index (χ1) is 11.7. The number of aromatic nitrogens is 1. The Balaban J connectivity index is 1.63. The van der Waals surface area contributed by atoms with Crippen molar-refractivity contribution in [2.75, 3.05) is 18.2 Å². The molecule has 7 heteroatoms. The molecule has 3 aromatic rings. The van der Waals surface area contributed by atoms with Gasteiger partial charge in [0.15, 0.2) is 0 Å². The van der Waals surface area contributed by atoms with E-state index in [2.05, 4.69) is 10.3 Å². The van der Waals surface area contributed by atoms with Gasteiger partial charge in [0.1, 0.15) is 4.88 Å². The third-order valence-corrected chi connectivity index (χ3v) is 5.06. The average molecular weight is 358 g/mol. The summed E-state index contributed by atoms with van der Waals surface area (Å²) in [7, 11) is 1.31. The topological polar surface area (TPSA) is 68.3 Å². The summed E-state index contributed by atoms with van der Waals surface area (Å²) in [5.74, 6) is -0.440. The predicted octanol–water partition coefficient (Wildman–Crippen LogP) is 3.81. The SMILES string of the molecule is COC(=O)c1sccc1NC(=O)CSc1ccc2ccccc2n1. The van der Waals surface area contributed by atoms with Crippen molar-refractivity contribution in [1.82, 2.24) is 4.98 Å². The van der Waals surface area contributed by atoms with E-state index in [1.54, 1.807) is 11.4 Å². The number of thioether (sulfide) groups is 1. The highest BCUT2D eigenvalue weighted by Crippen LogP contribution is 2.24. The fourth-order valence-electron chi connectivity index (χ4n) is 2.11. The molecule has 2 heterocycles. The molecule has 0 aliphatic rings. The molecule has 0 saturated carbocycles. The van der Waals surface area contributed by atoms with Crippen LogP contribution in [0.15, 0.2) is 52.9 Å². The first kappa shape index (κ1) is 16.5. The predicted molar refractivity (Wildman–Crippen MR) is 96.8 cm³/mol. The number of amides is 1. The highest BCUT2D eigenvalue weighted by Gasteiger charge is 2.15. The Hall–Kier alpha value is -2.38. The van der Waals surface area contributed by atoms with Crippen LogP contribution in [0.3, 0.4) is 0 Å². The second-order valence-corrected chi connectivity index (χ2v) is 6.75. The van der Waals surface area contributed by atoms with Gasteiger partial charge in [-0.15, -0.1) is 11.3 Å². The number of fused-ring (bicyclic) bond motifs is 1. The lowest BCUT2D eigenvalue weighted by Gasteiger charge is -2.06. The average Bonchev–Trinajstić information content (AvgIpc) is 3.07. The van der Waals surface area contributed by atoms with Crippen molar-refractivity contribution in [2.45, 2.75) is 5.03 Å². The largest absolute Gasteiger partial charge is 0.465 e. The Bertz CT molecular complexity index is 892. The van der Waals surface area contributed by atoms with Crippen LogP contribution in [0.2, 0.25) is 0 Å². The number of rotatable bonds is 5. The normalized spacial score (nSPS) is 10.5. The highest BCUT2D eigenvalue weighted by atomic mass is 32.2. The molecule has 3 rings (SSSR count). The molecule has 122 valence electrons. The Morgan fingerprint density at radius 2 is 2.04 bits per heavy atom. The lowest BCUT2D eigenvalue weighted by atomic mass is 10.2. The maximum Gasteiger partial charge on any atom is 0.350 e. The van der Waals surface area contributed by atoms with E-state index >= 15 is 0 Å². The van der Waals surface area contributed by atoms with Crippen LogP contribution in [-0.2, 0) is 9.53 Å². The van der Waals surface area contributed by atoms with Crippen LogP contribution < -0.4 is 5.32 Å². The van der Waals surface area contributed by atoms with E-state index in [0.717, 1.165) is 15.9 Å². The van der Waals surface area contributed by atoms with Gasteiger partial charge in [0.2, 0.25) is 5.91 Å². The Morgan fingerprint density at radius 1 is 1.21 bits per heavy atom. The lowest BCUT2D eigenvalue weighted by molar-refractivity contribution is -0.113. The smallest absolute Gasteiger partial charge is 0.350 e. The van der Waals surface area contributed by atoms with Crippen LogP contribution in [0.5, 0.6) is 0 Å². The number of methoxy groups -OCH3 is 1. The third kappa shape index (κ3) is 3.74. The number of nitrogens with one attached hydrogen (secondary N) is 1. The zero-order chi connectivity index (χ0) is 16.9. The molecule has 0 aliphatic heterocycles. The first-order valence-corrected chi connectivity index (χ1v) is 8.98. The minimum atomic E-state index is -0.454. The number of hydrogen-bond donors (Lipinski definition) is 1. The second-order valence-electron chi connectivity index (χ2n) is 4.83. The molecular formula is C17H14N2O3S2. The zero-order valence-electron chi connectivity index (χ0n) is 12.8. The van der Waals surface area contributed by atoms with Crippen molar-refractivity contribution < 1.29 is 14.3 Å². The molecule has 0 fully saturated rings. The fraction of sp³-hybridized carbons (Fsp3) is 0.118. The number of anilines is 1. The minimum absolute atomic E-state index is 0.196. The van der Waals surface area contributed by atoms with E-state index in [4.69, 9.17) is 4.74 Å². The quantitative estimate of drug-likeness (QED) is 0.555. The number of hydrogen-bond acceptors (Lipinski definition) is 6. The van der Waals surface area contributed by atoms with Gasteiger partial charge in [0, 0.05) is 5.39 Å². The van der Waals surface area contributed by atoms with E-state index in [-0.39, 0.29) is 11.7 Å². The number of esters is 1. The molecule has 5 nitrogen and oxygen atoms in total. The van der Waals surface area contributed by atoms with Crippen LogP contribution in [0.4, 0.5) is 5.69 Å². The van der Waals surface area contributed by atoms with Crippen molar-refractivity contribution in [2.24, 2.45) is 0 Å². The van der Waals surface area contributed by atoms with Crippen molar-refractivity contribution in [3.8, 4) is 0 Å². The number of nitrogens with zero attached hydrogens (tertiary/aromatic N) is 1. The molecule has 0 atom stereocenters. The lowest BCUT2D eigenvalue weighted by Crippen LogP contribution is -2.15. The molecule has 1 N–H and O–H groups in total. The molecule has 0 bridgehead atoms. The standard InChI is InChI=1S/C17H14N2O3S2/c1-22-17(21)16-13(8-9-23-16)18-14(20)10-24-15-7-6-11-4-2-3-5-12(11)19-15/h2-9H,10H2,1H3,(H,18,20). The van der Waals surface area contributed by atoms with Crippen LogP contribution in [0.1, 0.15) is 9.67 Å². The summed E-state index contributed by atoms with van der Waals surface area (Å²) in [6.07, 6.45) is 0. The molecule has 0 saturated heterocycles. The number of para-hydroxylation sites is 1. The summed E-state index contributed by atoms with van der Waals surface area (Å²) in [6.45, 7) is 0. The van der Waals surface area contributed by atoms with E-state index in [1.807, 2.05) is 36.4 Å². The highest BCUT2D eigenvalue weighted by molar-refractivity contribution is 7.99.